The van der Waals surface area contributed by atoms with Gasteiger partial charge in [-0.25, -0.2) is 9.79 Å². The minimum absolute atomic E-state index is 0.107. The summed E-state index contributed by atoms with van der Waals surface area (Å²) in [5, 5.41) is 0.333. The summed E-state index contributed by atoms with van der Waals surface area (Å²) in [5.74, 6) is -0.247. The molecular weight excluding hydrogens is 744 g/mol. The fourth-order valence-electron chi connectivity index (χ4n) is 4.76. The second-order valence-electron chi connectivity index (χ2n) is 9.65. The van der Waals surface area contributed by atoms with Gasteiger partial charge in [0.25, 0.3) is 5.56 Å². The fraction of sp³-hybridized carbons (Fsp3) is 0.219. The first-order chi connectivity index (χ1) is 21.5. The van der Waals surface area contributed by atoms with Gasteiger partial charge in [-0.05, 0) is 83.5 Å². The van der Waals surface area contributed by atoms with Crippen molar-refractivity contribution >= 4 is 57.6 Å². The molecule has 2 heterocycles. The number of fused-ring (bicyclic) bond motifs is 1. The zero-order chi connectivity index (χ0) is 32.3. The number of allylic oxidation sites excluding steroid dienone is 1. The SMILES string of the molecule is CCOC(=O)C1=C(C(F)(F)F)N=c2s/c(=C\c3cc(I)c(OCc4ccccc4)c(OCC)c3)c(=O)n2[C@H]1c1ccc(Cl)cc1. The zero-order valence-electron chi connectivity index (χ0n) is 23.9. The molecule has 4 aromatic rings. The maximum atomic E-state index is 14.4. The molecule has 1 aliphatic heterocycles. The number of thiazole rings is 1. The second kappa shape index (κ2) is 13.8. The van der Waals surface area contributed by atoms with Crippen LogP contribution in [-0.4, -0.2) is 29.9 Å². The highest BCUT2D eigenvalue weighted by Crippen LogP contribution is 2.39. The van der Waals surface area contributed by atoms with Gasteiger partial charge in [0.15, 0.2) is 22.0 Å². The van der Waals surface area contributed by atoms with Crippen LogP contribution in [-0.2, 0) is 16.1 Å². The number of aromatic nitrogens is 1. The average molecular weight is 769 g/mol. The van der Waals surface area contributed by atoms with E-state index in [-0.39, 0.29) is 21.5 Å². The molecule has 0 saturated heterocycles. The molecular formula is C32H25ClF3IN2O5S. The lowest BCUT2D eigenvalue weighted by molar-refractivity contribution is -0.140. The Balaban J connectivity index is 1.66. The molecule has 13 heteroatoms. The van der Waals surface area contributed by atoms with Crippen molar-refractivity contribution in [1.29, 1.82) is 0 Å². The van der Waals surface area contributed by atoms with Gasteiger partial charge < -0.3 is 14.2 Å². The first-order valence-electron chi connectivity index (χ1n) is 13.7. The van der Waals surface area contributed by atoms with Crippen LogP contribution in [0, 0.1) is 3.57 Å². The Morgan fingerprint density at radius 2 is 1.78 bits per heavy atom. The number of benzene rings is 3. The molecule has 0 N–H and O–H groups in total. The average Bonchev–Trinajstić information content (AvgIpc) is 3.31. The smallest absolute Gasteiger partial charge is 0.434 e. The van der Waals surface area contributed by atoms with Gasteiger partial charge >= 0.3 is 12.1 Å². The summed E-state index contributed by atoms with van der Waals surface area (Å²) >= 11 is 8.93. The normalized spacial score (nSPS) is 15.0. The molecule has 0 aliphatic carbocycles. The van der Waals surface area contributed by atoms with Crippen LogP contribution in [0.1, 0.15) is 36.6 Å². The van der Waals surface area contributed by atoms with Crippen molar-refractivity contribution in [1.82, 2.24) is 4.57 Å². The van der Waals surface area contributed by atoms with E-state index < -0.39 is 35.0 Å². The topological polar surface area (TPSA) is 79.1 Å². The van der Waals surface area contributed by atoms with E-state index in [1.54, 1.807) is 18.2 Å². The molecule has 5 rings (SSSR count). The number of halogens is 5. The number of esters is 1. The van der Waals surface area contributed by atoms with Gasteiger partial charge in [0.2, 0.25) is 0 Å². The molecule has 3 aromatic carbocycles. The summed E-state index contributed by atoms with van der Waals surface area (Å²) in [6.07, 6.45) is -3.45. The Kier molecular flexibility index (Phi) is 10.0. The molecule has 0 radical (unpaired) electrons. The van der Waals surface area contributed by atoms with Gasteiger partial charge in [-0.15, -0.1) is 0 Å². The van der Waals surface area contributed by atoms with Crippen LogP contribution >= 0.6 is 45.5 Å². The van der Waals surface area contributed by atoms with E-state index in [9.17, 15) is 22.8 Å². The molecule has 0 fully saturated rings. The number of alkyl halides is 3. The van der Waals surface area contributed by atoms with Gasteiger partial charge in [0.05, 0.1) is 32.9 Å². The molecule has 0 amide bonds. The lowest BCUT2D eigenvalue weighted by Gasteiger charge is -2.26. The summed E-state index contributed by atoms with van der Waals surface area (Å²) in [6.45, 7) is 3.80. The lowest BCUT2D eigenvalue weighted by Crippen LogP contribution is -2.41. The van der Waals surface area contributed by atoms with E-state index in [2.05, 4.69) is 27.6 Å². The third-order valence-corrected chi connectivity index (χ3v) is 8.67. The van der Waals surface area contributed by atoms with Crippen molar-refractivity contribution in [2.45, 2.75) is 32.7 Å². The van der Waals surface area contributed by atoms with Gasteiger partial charge in [0, 0.05) is 5.02 Å². The Morgan fingerprint density at radius 3 is 2.42 bits per heavy atom. The highest BCUT2D eigenvalue weighted by molar-refractivity contribution is 14.1. The number of nitrogens with zero attached hydrogens (tertiary/aromatic N) is 2. The van der Waals surface area contributed by atoms with E-state index in [0.717, 1.165) is 21.5 Å². The van der Waals surface area contributed by atoms with Crippen LogP contribution < -0.4 is 24.4 Å². The number of hydrogen-bond acceptors (Lipinski definition) is 7. The zero-order valence-corrected chi connectivity index (χ0v) is 27.6. The maximum absolute atomic E-state index is 14.4. The molecule has 1 atom stereocenters. The Morgan fingerprint density at radius 1 is 1.07 bits per heavy atom. The van der Waals surface area contributed by atoms with Gasteiger partial charge in [-0.1, -0.05) is 65.4 Å². The molecule has 234 valence electrons. The van der Waals surface area contributed by atoms with Crippen LogP contribution in [0.2, 0.25) is 5.02 Å². The van der Waals surface area contributed by atoms with Gasteiger partial charge in [-0.3, -0.25) is 9.36 Å². The van der Waals surface area contributed by atoms with E-state index in [1.807, 2.05) is 37.3 Å². The molecule has 1 aromatic heterocycles. The minimum Gasteiger partial charge on any atom is -0.490 e. The first kappa shape index (κ1) is 32.8. The molecule has 7 nitrogen and oxygen atoms in total. The van der Waals surface area contributed by atoms with E-state index in [4.69, 9.17) is 25.8 Å². The van der Waals surface area contributed by atoms with Crippen LogP contribution in [0.5, 0.6) is 11.5 Å². The Hall–Kier alpha value is -3.62. The summed E-state index contributed by atoms with van der Waals surface area (Å²) < 4.78 is 62.0. The van der Waals surface area contributed by atoms with Crippen LogP contribution in [0.4, 0.5) is 13.2 Å². The molecule has 0 spiro atoms. The summed E-state index contributed by atoms with van der Waals surface area (Å²) in [7, 11) is 0. The first-order valence-corrected chi connectivity index (χ1v) is 16.0. The van der Waals surface area contributed by atoms with Gasteiger partial charge in [0.1, 0.15) is 6.61 Å². The van der Waals surface area contributed by atoms with Gasteiger partial charge in [-0.2, -0.15) is 13.2 Å². The second-order valence-corrected chi connectivity index (χ2v) is 12.3. The van der Waals surface area contributed by atoms with Crippen molar-refractivity contribution in [3.63, 3.8) is 0 Å². The molecule has 0 bridgehead atoms. The van der Waals surface area contributed by atoms with Crippen LogP contribution in [0.3, 0.4) is 0 Å². The predicted molar refractivity (Wildman–Crippen MR) is 173 cm³/mol. The molecule has 0 unspecified atom stereocenters. The van der Waals surface area contributed by atoms with Crippen molar-refractivity contribution in [2.75, 3.05) is 13.2 Å². The molecule has 45 heavy (non-hydrogen) atoms. The quantitative estimate of drug-likeness (QED) is 0.142. The fourth-order valence-corrected chi connectivity index (χ4v) is 6.66. The van der Waals surface area contributed by atoms with Crippen molar-refractivity contribution in [3.8, 4) is 11.5 Å². The Labute approximate surface area is 278 Å². The third kappa shape index (κ3) is 7.12. The summed E-state index contributed by atoms with van der Waals surface area (Å²) in [6, 6.07) is 17.5. The van der Waals surface area contributed by atoms with E-state index in [0.29, 0.717) is 38.9 Å². The van der Waals surface area contributed by atoms with Crippen molar-refractivity contribution in [2.24, 2.45) is 4.99 Å². The van der Waals surface area contributed by atoms with Crippen LogP contribution in [0.15, 0.2) is 87.8 Å². The third-order valence-electron chi connectivity index (χ3n) is 6.64. The summed E-state index contributed by atoms with van der Waals surface area (Å²) in [4.78, 5) is 30.5. The monoisotopic (exact) mass is 768 g/mol. The standard InChI is InChI=1S/C32H25ClF3IN2O5S/c1-3-42-23-15-19(14-22(37)27(23)44-17-18-8-6-5-7-9-18)16-24-29(40)39-26(20-10-12-21(33)13-11-20)25(30(41)43-4-2)28(32(34,35)36)38-31(39)45-24/h5-16,26H,3-4,17H2,1-2H3/b24-16-/t26-/m0/s1. The lowest BCUT2D eigenvalue weighted by atomic mass is 9.95. The molecule has 1 aliphatic rings. The largest absolute Gasteiger partial charge is 0.490 e. The number of carbonyl (C=O) groups is 1. The van der Waals surface area contributed by atoms with Crippen molar-refractivity contribution in [3.05, 3.63) is 123 Å². The number of carbonyl (C=O) groups excluding carboxylic acids is 1. The maximum Gasteiger partial charge on any atom is 0.434 e. The number of hydrogen-bond donors (Lipinski definition) is 0. The minimum atomic E-state index is -5.00. The predicted octanol–water partition coefficient (Wildman–Crippen LogP) is 6.58. The molecule has 0 saturated carbocycles. The highest BCUT2D eigenvalue weighted by Gasteiger charge is 2.45. The van der Waals surface area contributed by atoms with E-state index in [1.165, 1.54) is 31.2 Å². The van der Waals surface area contributed by atoms with Crippen molar-refractivity contribution < 1.29 is 32.2 Å². The number of ether oxygens (including phenoxy) is 3. The van der Waals surface area contributed by atoms with E-state index >= 15 is 0 Å². The highest BCUT2D eigenvalue weighted by atomic mass is 127. The summed E-state index contributed by atoms with van der Waals surface area (Å²) in [5.41, 5.74) is -1.06. The van der Waals surface area contributed by atoms with Crippen LogP contribution in [0.25, 0.3) is 6.08 Å². The Bertz CT molecular complexity index is 1940. The number of rotatable bonds is 9.